The van der Waals surface area contributed by atoms with E-state index in [0.717, 1.165) is 170 Å². The third kappa shape index (κ3) is 25.8. The van der Waals surface area contributed by atoms with Crippen molar-refractivity contribution in [3.05, 3.63) is 117 Å². The molecule has 8 aliphatic carbocycles. The number of aliphatic carboxylic acids is 4. The zero-order valence-corrected chi connectivity index (χ0v) is 72.8. The normalized spacial score (nSPS) is 27.5. The molecule has 4 aromatic carbocycles. The summed E-state index contributed by atoms with van der Waals surface area (Å²) in [5.41, 5.74) is 9.04. The minimum Gasteiger partial charge on any atom is -0.482 e. The summed E-state index contributed by atoms with van der Waals surface area (Å²) < 4.78 is 64.4. The van der Waals surface area contributed by atoms with Crippen LogP contribution < -0.4 is 18.9 Å². The van der Waals surface area contributed by atoms with Crippen molar-refractivity contribution in [2.24, 2.45) is 82.9 Å². The molecule has 28 heteroatoms. The van der Waals surface area contributed by atoms with E-state index in [0.29, 0.717) is 122 Å². The molecule has 2 heterocycles. The third-order valence-corrected chi connectivity index (χ3v) is 28.2. The standard InChI is InChI=1S/C26H36O7.C25H34O7.C23H32O7.C22H30O7/c1-2-19(33-26(30)16-8-10-31-11-9-16)6-7-20-21-12-17-4-3-5-24(32-15-25(28)29)22(17)13-18(21)14-23(20)27;1-2-18(32-25(29)16-8-9-30-13-16)6-7-19-20-10-15-4-3-5-23(31-14-24(27)28)21(15)11-17(20)12-22(19)26;1-3-16(30-23(27)28-4-2)8-9-17-18-10-14-6-5-7-21(29-13-22(25)26)19(14)11-15(18)12-20(17)24;1-3-15(29-22(26)27-2)7-8-16-17-9-13-5-4-6-20(28-12-21(24)25)18(13)10-14(17)11-19(16)23/h3-5,16,18-21,23,27H,2,6-15H2,1H3,(H,28,29);3-5,16-20,22,26H,2,6-14H2,1H3,(H,27,28);5-7,15-18,20,24H,3-4,8-13H2,1-2H3,(H,25,26);4-6,14-17,19,23H,3,7-12H2,1-2H3,(H,24,25)/t18-,19-,20+,21-,23+;16?,17-,18-,19+,20-,22+;15-,16-,17+,18-,20+;14-,15-,16+,17-,19+/m0000/s1. The second-order valence-corrected chi connectivity index (χ2v) is 35.6. The highest BCUT2D eigenvalue weighted by Gasteiger charge is 2.50. The van der Waals surface area contributed by atoms with E-state index in [4.69, 9.17) is 72.5 Å². The van der Waals surface area contributed by atoms with Crippen LogP contribution in [0.3, 0.4) is 0 Å². The van der Waals surface area contributed by atoms with Crippen molar-refractivity contribution in [2.45, 2.75) is 257 Å². The first-order chi connectivity index (χ1) is 59.8. The Labute approximate surface area is 727 Å². The van der Waals surface area contributed by atoms with Crippen molar-refractivity contribution in [3.8, 4) is 23.0 Å². The monoisotopic (exact) mass is 1730 g/mol. The minimum atomic E-state index is -0.993. The predicted octanol–water partition coefficient (Wildman–Crippen LogP) is 13.2. The second kappa shape index (κ2) is 46.6. The first-order valence-electron chi connectivity index (χ1n) is 45.4. The Balaban J connectivity index is 0.000000161. The van der Waals surface area contributed by atoms with Crippen LogP contribution >= 0.6 is 0 Å². The molecule has 1 unspecified atom stereocenters. The number of carbonyl (C=O) groups excluding carboxylic acids is 4. The van der Waals surface area contributed by atoms with Gasteiger partial charge in [-0.3, -0.25) is 9.59 Å². The number of hydrogen-bond acceptors (Lipinski definition) is 24. The predicted molar refractivity (Wildman–Crippen MR) is 452 cm³/mol. The summed E-state index contributed by atoms with van der Waals surface area (Å²) in [6.45, 7) is 11.0. The van der Waals surface area contributed by atoms with Crippen molar-refractivity contribution < 1.29 is 136 Å². The summed E-state index contributed by atoms with van der Waals surface area (Å²) in [5.74, 6) is 1.74. The SMILES string of the molecule is CCOC(=O)O[C@@H](CC)CC[C@@H]1[C@H]2Cc3cccc(OCC(=O)O)c3C[C@H]2C[C@H]1O.CC[C@@H](CC[C@@H]1[C@H]2Cc3cccc(OCC(=O)O)c3C[C@H]2C[C@H]1O)OC(=O)C1CCOC1.CC[C@@H](CC[C@@H]1[C@H]2Cc3cccc(OCC(=O)O)c3C[C@H]2C[C@H]1O)OC(=O)C1CCOCC1.CC[C@@H](CC[C@@H]1[C@H]2Cc3cccc(OCC(=O)O)c3C[C@H]2C[C@H]1O)OC(=O)OC. The topological polar surface area (TPSA) is 409 Å². The number of methoxy groups -OCH3 is 1. The van der Waals surface area contributed by atoms with Crippen LogP contribution in [0.2, 0.25) is 0 Å². The van der Waals surface area contributed by atoms with Gasteiger partial charge in [0.25, 0.3) is 0 Å². The molecule has 0 bridgehead atoms. The van der Waals surface area contributed by atoms with Crippen molar-refractivity contribution in [1.82, 2.24) is 0 Å². The lowest BCUT2D eigenvalue weighted by Gasteiger charge is -2.33. The lowest BCUT2D eigenvalue weighted by atomic mass is 9.73. The average molecular weight is 1730 g/mol. The molecule has 10 aliphatic rings. The minimum absolute atomic E-state index is 0.0540. The zero-order chi connectivity index (χ0) is 88.7. The van der Waals surface area contributed by atoms with Gasteiger partial charge in [-0.25, -0.2) is 28.8 Å². The summed E-state index contributed by atoms with van der Waals surface area (Å²) >= 11 is 0. The summed E-state index contributed by atoms with van der Waals surface area (Å²) in [5, 5.41) is 78.9. The molecule has 684 valence electrons. The Bertz CT molecular complexity index is 4170. The average Bonchev–Trinajstić information content (AvgIpc) is 1.62. The maximum Gasteiger partial charge on any atom is 0.508 e. The molecule has 14 rings (SSSR count). The van der Waals surface area contributed by atoms with Gasteiger partial charge >= 0.3 is 48.1 Å². The fourth-order valence-corrected chi connectivity index (χ4v) is 21.9. The number of fused-ring (bicyclic) bond motifs is 8. The Morgan fingerprint density at radius 2 is 0.653 bits per heavy atom. The van der Waals surface area contributed by atoms with E-state index < -0.39 is 36.2 Å². The number of carboxylic acids is 4. The van der Waals surface area contributed by atoms with E-state index in [1.807, 2.05) is 76.2 Å². The van der Waals surface area contributed by atoms with E-state index in [-0.39, 0.29) is 129 Å². The highest BCUT2D eigenvalue weighted by atomic mass is 16.7. The van der Waals surface area contributed by atoms with Crippen LogP contribution in [0, 0.1) is 82.9 Å². The van der Waals surface area contributed by atoms with Crippen LogP contribution in [0.15, 0.2) is 72.8 Å². The van der Waals surface area contributed by atoms with E-state index >= 15 is 0 Å². The number of esters is 2. The molecule has 2 aliphatic heterocycles. The van der Waals surface area contributed by atoms with Crippen LogP contribution in [0.1, 0.15) is 201 Å². The molecule has 0 amide bonds. The molecule has 28 nitrogen and oxygen atoms in total. The van der Waals surface area contributed by atoms with E-state index in [1.54, 1.807) is 6.92 Å². The van der Waals surface area contributed by atoms with Gasteiger partial charge in [-0.05, 0) is 320 Å². The second-order valence-electron chi connectivity index (χ2n) is 35.6. The Morgan fingerprint density at radius 1 is 0.371 bits per heavy atom. The number of aliphatic hydroxyl groups is 4. The van der Waals surface area contributed by atoms with Crippen LogP contribution in [0.5, 0.6) is 23.0 Å². The van der Waals surface area contributed by atoms with Crippen LogP contribution in [0.25, 0.3) is 0 Å². The van der Waals surface area contributed by atoms with E-state index in [1.165, 1.54) is 29.4 Å². The van der Waals surface area contributed by atoms with Crippen molar-refractivity contribution in [3.63, 3.8) is 0 Å². The maximum atomic E-state index is 12.5. The van der Waals surface area contributed by atoms with Gasteiger partial charge in [-0.2, -0.15) is 0 Å². The molecule has 124 heavy (non-hydrogen) atoms. The van der Waals surface area contributed by atoms with E-state index in [9.17, 15) is 58.8 Å². The van der Waals surface area contributed by atoms with Gasteiger partial charge in [-0.15, -0.1) is 0 Å². The zero-order valence-electron chi connectivity index (χ0n) is 72.8. The van der Waals surface area contributed by atoms with Crippen LogP contribution in [-0.2, 0) is 118 Å². The molecule has 4 saturated carbocycles. The molecule has 2 saturated heterocycles. The highest BCUT2D eigenvalue weighted by molar-refractivity contribution is 5.74. The fourth-order valence-electron chi connectivity index (χ4n) is 21.9. The first-order valence-corrected chi connectivity index (χ1v) is 45.4. The molecule has 6 fully saturated rings. The first kappa shape index (κ1) is 95.8. The molecular weight excluding hydrogens is 1600 g/mol. The van der Waals surface area contributed by atoms with Gasteiger partial charge in [0.05, 0.1) is 56.6 Å². The molecule has 0 radical (unpaired) electrons. The largest absolute Gasteiger partial charge is 0.508 e. The highest BCUT2D eigenvalue weighted by Crippen LogP contribution is 2.53. The van der Waals surface area contributed by atoms with Gasteiger partial charge in [-0.1, -0.05) is 76.2 Å². The van der Waals surface area contributed by atoms with Crippen LogP contribution in [-0.4, -0.2) is 204 Å². The van der Waals surface area contributed by atoms with Crippen molar-refractivity contribution in [1.29, 1.82) is 0 Å². The quantitative estimate of drug-likeness (QED) is 0.0157. The maximum absolute atomic E-state index is 12.5. The fraction of sp³-hybridized carbons (Fsp3) is 0.667. The Morgan fingerprint density at radius 3 is 0.927 bits per heavy atom. The molecule has 4 aromatic rings. The summed E-state index contributed by atoms with van der Waals surface area (Å²) in [7, 11) is 1.30. The van der Waals surface area contributed by atoms with Gasteiger partial charge in [0, 0.05) is 19.8 Å². The summed E-state index contributed by atoms with van der Waals surface area (Å²) in [4.78, 5) is 91.5. The van der Waals surface area contributed by atoms with Crippen molar-refractivity contribution in [2.75, 3.05) is 66.6 Å². The number of carbonyl (C=O) groups is 8. The lowest BCUT2D eigenvalue weighted by molar-refractivity contribution is -0.158. The van der Waals surface area contributed by atoms with Gasteiger partial charge in [0.15, 0.2) is 26.4 Å². The molecule has 8 N–H and O–H groups in total. The third-order valence-electron chi connectivity index (χ3n) is 28.2. The smallest absolute Gasteiger partial charge is 0.482 e. The molecule has 0 spiro atoms. The van der Waals surface area contributed by atoms with Crippen molar-refractivity contribution >= 4 is 48.1 Å². The Kier molecular flexibility index (Phi) is 36.0. The van der Waals surface area contributed by atoms with Gasteiger partial charge in [0.1, 0.15) is 47.4 Å². The number of hydrogen-bond donors (Lipinski definition) is 8. The Hall–Kier alpha value is -8.80. The van der Waals surface area contributed by atoms with Gasteiger partial charge in [0.2, 0.25) is 0 Å². The van der Waals surface area contributed by atoms with Gasteiger partial charge < -0.3 is 97.7 Å². The lowest BCUT2D eigenvalue weighted by Crippen LogP contribution is -2.30. The van der Waals surface area contributed by atoms with E-state index in [2.05, 4.69) is 29.0 Å². The van der Waals surface area contributed by atoms with Crippen LogP contribution in [0.4, 0.5) is 9.59 Å². The summed E-state index contributed by atoms with van der Waals surface area (Å²) in [6.07, 6.45) is 17.5. The number of aliphatic hydroxyl groups excluding tert-OH is 4. The number of carboxylic acid groups (broad SMARTS) is 4. The molecule has 21 atom stereocenters. The number of rotatable bonds is 35. The molecule has 0 aromatic heterocycles. The number of ether oxygens (including phenoxy) is 12. The number of benzene rings is 4. The summed E-state index contributed by atoms with van der Waals surface area (Å²) in [6, 6.07) is 23.2. The molecular formula is C96H132O28.